The maximum atomic E-state index is 12.5. The van der Waals surface area contributed by atoms with Crippen molar-refractivity contribution in [3.8, 4) is 17.2 Å². The van der Waals surface area contributed by atoms with Crippen LogP contribution in [0.5, 0.6) is 17.2 Å². The first-order valence-corrected chi connectivity index (χ1v) is 7.83. The van der Waals surface area contributed by atoms with Gasteiger partial charge < -0.3 is 24.1 Å². The van der Waals surface area contributed by atoms with Crippen molar-refractivity contribution in [2.75, 3.05) is 21.3 Å². The summed E-state index contributed by atoms with van der Waals surface area (Å²) in [6.45, 7) is 0. The fourth-order valence-electron chi connectivity index (χ4n) is 3.06. The van der Waals surface area contributed by atoms with E-state index in [4.69, 9.17) is 18.9 Å². The second-order valence-electron chi connectivity index (χ2n) is 5.71. The summed E-state index contributed by atoms with van der Waals surface area (Å²) in [6.07, 6.45) is -0.962. The molecule has 1 aliphatic rings. The van der Waals surface area contributed by atoms with Gasteiger partial charge in [0, 0.05) is 0 Å². The van der Waals surface area contributed by atoms with Crippen LogP contribution in [0.15, 0.2) is 36.4 Å². The Morgan fingerprint density at radius 1 is 1.00 bits per heavy atom. The molecule has 2 aromatic rings. The maximum Gasteiger partial charge on any atom is 0.339 e. The van der Waals surface area contributed by atoms with E-state index in [0.29, 0.717) is 28.4 Å². The van der Waals surface area contributed by atoms with Gasteiger partial charge in [-0.15, -0.1) is 0 Å². The van der Waals surface area contributed by atoms with Crippen LogP contribution in [-0.4, -0.2) is 38.4 Å². The number of methoxy groups -OCH3 is 3. The largest absolute Gasteiger partial charge is 0.497 e. The van der Waals surface area contributed by atoms with Crippen LogP contribution in [0, 0.1) is 0 Å². The fraction of sp³-hybridized carbons (Fsp3) is 0.263. The highest BCUT2D eigenvalue weighted by atomic mass is 16.5. The highest BCUT2D eigenvalue weighted by Gasteiger charge is 2.42. The first kappa shape index (κ1) is 17.6. The molecule has 0 amide bonds. The van der Waals surface area contributed by atoms with Crippen LogP contribution in [0.4, 0.5) is 0 Å². The average Bonchev–Trinajstić information content (AvgIpc) is 2.66. The van der Waals surface area contributed by atoms with Gasteiger partial charge in [0.15, 0.2) is 11.5 Å². The van der Waals surface area contributed by atoms with Gasteiger partial charge in [-0.05, 0) is 35.4 Å². The van der Waals surface area contributed by atoms with Gasteiger partial charge in [-0.3, -0.25) is 4.79 Å². The monoisotopic (exact) mass is 358 g/mol. The van der Waals surface area contributed by atoms with Crippen molar-refractivity contribution in [3.63, 3.8) is 0 Å². The molecule has 0 saturated carbocycles. The summed E-state index contributed by atoms with van der Waals surface area (Å²) in [5.74, 6) is -1.49. The number of rotatable bonds is 5. The topological polar surface area (TPSA) is 91.3 Å². The molecule has 3 rings (SSSR count). The zero-order valence-corrected chi connectivity index (χ0v) is 14.5. The Labute approximate surface area is 150 Å². The molecule has 136 valence electrons. The highest BCUT2D eigenvalue weighted by molar-refractivity contribution is 5.97. The van der Waals surface area contributed by atoms with E-state index in [1.54, 1.807) is 24.3 Å². The lowest BCUT2D eigenvalue weighted by molar-refractivity contribution is -0.142. The van der Waals surface area contributed by atoms with Gasteiger partial charge >= 0.3 is 11.9 Å². The molecule has 0 radical (unpaired) electrons. The minimum atomic E-state index is -1.10. The van der Waals surface area contributed by atoms with Gasteiger partial charge in [0.1, 0.15) is 17.8 Å². The molecule has 0 saturated heterocycles. The van der Waals surface area contributed by atoms with Crippen LogP contribution in [0.2, 0.25) is 0 Å². The van der Waals surface area contributed by atoms with Crippen molar-refractivity contribution in [1.29, 1.82) is 0 Å². The van der Waals surface area contributed by atoms with E-state index in [-0.39, 0.29) is 5.56 Å². The van der Waals surface area contributed by atoms with Crippen LogP contribution in [0.3, 0.4) is 0 Å². The lowest BCUT2D eigenvalue weighted by Crippen LogP contribution is -2.31. The molecule has 1 aliphatic heterocycles. The van der Waals surface area contributed by atoms with E-state index < -0.39 is 24.0 Å². The molecular weight excluding hydrogens is 340 g/mol. The lowest BCUT2D eigenvalue weighted by Gasteiger charge is -2.31. The van der Waals surface area contributed by atoms with Crippen molar-refractivity contribution < 1.29 is 33.6 Å². The van der Waals surface area contributed by atoms with Crippen molar-refractivity contribution in [2.24, 2.45) is 0 Å². The van der Waals surface area contributed by atoms with E-state index in [9.17, 15) is 14.7 Å². The predicted octanol–water partition coefficient (Wildman–Crippen LogP) is 2.79. The van der Waals surface area contributed by atoms with Crippen LogP contribution >= 0.6 is 0 Å². The van der Waals surface area contributed by atoms with Gasteiger partial charge in [0.25, 0.3) is 0 Å². The standard InChI is InChI=1S/C19H18O7/c1-23-11-6-4-10(5-7-11)17-16(18(20)21)12-8-14(24-2)15(25-3)9-13(12)19(22)26-17/h4-9,16-17H,1-3H3,(H,20,21)/t16-,17+/m0/s1. The van der Waals surface area contributed by atoms with Crippen LogP contribution in [0.1, 0.15) is 33.5 Å². The SMILES string of the molecule is COc1ccc([C@H]2OC(=O)c3cc(OC)c(OC)cc3[C@@H]2C(=O)O)cc1. The maximum absolute atomic E-state index is 12.5. The number of hydrogen-bond donors (Lipinski definition) is 1. The number of carbonyl (C=O) groups is 2. The summed E-state index contributed by atoms with van der Waals surface area (Å²) in [6, 6.07) is 9.69. The average molecular weight is 358 g/mol. The zero-order chi connectivity index (χ0) is 18.8. The number of benzene rings is 2. The second-order valence-corrected chi connectivity index (χ2v) is 5.71. The number of fused-ring (bicyclic) bond motifs is 1. The molecule has 0 bridgehead atoms. The van der Waals surface area contributed by atoms with E-state index in [0.717, 1.165) is 0 Å². The van der Waals surface area contributed by atoms with Crippen LogP contribution < -0.4 is 14.2 Å². The molecule has 1 heterocycles. The summed E-state index contributed by atoms with van der Waals surface area (Å²) in [5, 5.41) is 9.81. The molecule has 0 spiro atoms. The van der Waals surface area contributed by atoms with Gasteiger partial charge in [-0.1, -0.05) is 12.1 Å². The third-order valence-corrected chi connectivity index (χ3v) is 4.36. The molecule has 2 aromatic carbocycles. The normalized spacial score (nSPS) is 18.5. The van der Waals surface area contributed by atoms with E-state index in [1.807, 2.05) is 0 Å². The summed E-state index contributed by atoms with van der Waals surface area (Å²) in [4.78, 5) is 24.5. The number of hydrogen-bond acceptors (Lipinski definition) is 6. The van der Waals surface area contributed by atoms with E-state index >= 15 is 0 Å². The van der Waals surface area contributed by atoms with Gasteiger partial charge in [0.2, 0.25) is 0 Å². The summed E-state index contributed by atoms with van der Waals surface area (Å²) < 4.78 is 21.0. The second kappa shape index (κ2) is 6.95. The smallest absolute Gasteiger partial charge is 0.339 e. The Balaban J connectivity index is 2.13. The predicted molar refractivity (Wildman–Crippen MR) is 91.1 cm³/mol. The first-order chi connectivity index (χ1) is 12.5. The molecule has 2 atom stereocenters. The molecule has 0 fully saturated rings. The quantitative estimate of drug-likeness (QED) is 0.822. The molecule has 26 heavy (non-hydrogen) atoms. The summed E-state index contributed by atoms with van der Waals surface area (Å²) >= 11 is 0. The third kappa shape index (κ3) is 2.92. The van der Waals surface area contributed by atoms with E-state index in [1.165, 1.54) is 33.5 Å². The minimum Gasteiger partial charge on any atom is -0.497 e. The summed E-state index contributed by atoms with van der Waals surface area (Å²) in [7, 11) is 4.42. The summed E-state index contributed by atoms with van der Waals surface area (Å²) in [5.41, 5.74) is 1.04. The zero-order valence-electron chi connectivity index (χ0n) is 14.5. The highest BCUT2D eigenvalue weighted by Crippen LogP contribution is 2.44. The third-order valence-electron chi connectivity index (χ3n) is 4.36. The van der Waals surface area contributed by atoms with Crippen LogP contribution in [-0.2, 0) is 9.53 Å². The van der Waals surface area contributed by atoms with Crippen molar-refractivity contribution in [2.45, 2.75) is 12.0 Å². The number of cyclic esters (lactones) is 1. The Morgan fingerprint density at radius 3 is 2.15 bits per heavy atom. The number of carboxylic acid groups (broad SMARTS) is 1. The molecule has 0 unspecified atom stereocenters. The Hall–Kier alpha value is -3.22. The number of ether oxygens (including phenoxy) is 4. The molecule has 7 heteroatoms. The lowest BCUT2D eigenvalue weighted by atomic mass is 9.83. The van der Waals surface area contributed by atoms with Gasteiger partial charge in [0.05, 0.1) is 26.9 Å². The van der Waals surface area contributed by atoms with Crippen molar-refractivity contribution in [1.82, 2.24) is 0 Å². The van der Waals surface area contributed by atoms with Crippen molar-refractivity contribution in [3.05, 3.63) is 53.1 Å². The van der Waals surface area contributed by atoms with Crippen molar-refractivity contribution >= 4 is 11.9 Å². The Morgan fingerprint density at radius 2 is 1.62 bits per heavy atom. The number of carboxylic acids is 1. The Bertz CT molecular complexity index is 842. The number of esters is 1. The number of carbonyl (C=O) groups excluding carboxylic acids is 1. The fourth-order valence-corrected chi connectivity index (χ4v) is 3.06. The number of aliphatic carboxylic acids is 1. The van der Waals surface area contributed by atoms with Gasteiger partial charge in [-0.2, -0.15) is 0 Å². The molecule has 7 nitrogen and oxygen atoms in total. The Kier molecular flexibility index (Phi) is 4.71. The molecular formula is C19H18O7. The van der Waals surface area contributed by atoms with Gasteiger partial charge in [-0.25, -0.2) is 4.79 Å². The first-order valence-electron chi connectivity index (χ1n) is 7.83. The van der Waals surface area contributed by atoms with Crippen LogP contribution in [0.25, 0.3) is 0 Å². The molecule has 1 N–H and O–H groups in total. The molecule has 0 aromatic heterocycles. The molecule has 0 aliphatic carbocycles. The minimum absolute atomic E-state index is 0.153. The van der Waals surface area contributed by atoms with E-state index in [2.05, 4.69) is 0 Å².